The molecule has 0 aliphatic heterocycles. The zero-order chi connectivity index (χ0) is 19.9. The Labute approximate surface area is 166 Å². The lowest BCUT2D eigenvalue weighted by Crippen LogP contribution is -2.24. The van der Waals surface area contributed by atoms with Crippen molar-refractivity contribution in [3.63, 3.8) is 0 Å². The van der Waals surface area contributed by atoms with Gasteiger partial charge in [-0.05, 0) is 44.4 Å². The standard InChI is InChI=1S/C23H27N3O2/c1-17-11-12-20(18(2)15-17)22-21(23(27)24-13-7-8-14-28-3)16-26(25-22)19-9-5-4-6-10-19/h4-6,9-12,15-16H,7-8,13-14H2,1-3H3,(H,24,27). The predicted molar refractivity (Wildman–Crippen MR) is 112 cm³/mol. The summed E-state index contributed by atoms with van der Waals surface area (Å²) in [6, 6.07) is 16.0. The summed E-state index contributed by atoms with van der Waals surface area (Å²) in [5, 5.41) is 7.77. The van der Waals surface area contributed by atoms with Gasteiger partial charge in [0.05, 0.1) is 11.3 Å². The molecule has 1 N–H and O–H groups in total. The average molecular weight is 377 g/mol. The molecule has 0 spiro atoms. The van der Waals surface area contributed by atoms with Gasteiger partial charge in [0.15, 0.2) is 0 Å². The minimum Gasteiger partial charge on any atom is -0.385 e. The van der Waals surface area contributed by atoms with Crippen molar-refractivity contribution in [2.45, 2.75) is 26.7 Å². The Kier molecular flexibility index (Phi) is 6.61. The maximum atomic E-state index is 12.9. The number of hydrogen-bond donors (Lipinski definition) is 1. The van der Waals surface area contributed by atoms with Crippen LogP contribution in [0, 0.1) is 13.8 Å². The normalized spacial score (nSPS) is 10.8. The lowest BCUT2D eigenvalue weighted by Gasteiger charge is -2.08. The van der Waals surface area contributed by atoms with Crippen molar-refractivity contribution in [2.75, 3.05) is 20.3 Å². The first-order valence-corrected chi connectivity index (χ1v) is 9.60. The molecule has 28 heavy (non-hydrogen) atoms. The second kappa shape index (κ2) is 9.33. The van der Waals surface area contributed by atoms with Crippen molar-refractivity contribution in [2.24, 2.45) is 0 Å². The third-order valence-corrected chi connectivity index (χ3v) is 4.68. The van der Waals surface area contributed by atoms with Gasteiger partial charge in [-0.2, -0.15) is 5.10 Å². The molecule has 0 atom stereocenters. The minimum atomic E-state index is -0.102. The molecule has 3 rings (SSSR count). The van der Waals surface area contributed by atoms with E-state index < -0.39 is 0 Å². The molecule has 0 unspecified atom stereocenters. The van der Waals surface area contributed by atoms with Crippen LogP contribution in [0.2, 0.25) is 0 Å². The number of carbonyl (C=O) groups is 1. The molecule has 0 fully saturated rings. The first kappa shape index (κ1) is 19.8. The molecule has 0 aliphatic rings. The van der Waals surface area contributed by atoms with Gasteiger partial charge in [-0.25, -0.2) is 4.68 Å². The number of hydrogen-bond acceptors (Lipinski definition) is 3. The van der Waals surface area contributed by atoms with Gasteiger partial charge >= 0.3 is 0 Å². The Morgan fingerprint density at radius 2 is 1.89 bits per heavy atom. The summed E-state index contributed by atoms with van der Waals surface area (Å²) < 4.78 is 6.83. The molecule has 0 aliphatic carbocycles. The predicted octanol–water partition coefficient (Wildman–Crippen LogP) is 4.31. The Morgan fingerprint density at radius 3 is 2.61 bits per heavy atom. The number of para-hydroxylation sites is 1. The summed E-state index contributed by atoms with van der Waals surface area (Å²) in [6.45, 7) is 5.43. The maximum absolute atomic E-state index is 12.9. The smallest absolute Gasteiger partial charge is 0.255 e. The zero-order valence-corrected chi connectivity index (χ0v) is 16.7. The van der Waals surface area contributed by atoms with Gasteiger partial charge in [0.2, 0.25) is 0 Å². The van der Waals surface area contributed by atoms with Crippen molar-refractivity contribution in [3.8, 4) is 16.9 Å². The van der Waals surface area contributed by atoms with Crippen LogP contribution in [0.5, 0.6) is 0 Å². The summed E-state index contributed by atoms with van der Waals surface area (Å²) in [7, 11) is 1.69. The van der Waals surface area contributed by atoms with Crippen LogP contribution in [0.4, 0.5) is 0 Å². The van der Waals surface area contributed by atoms with E-state index in [-0.39, 0.29) is 5.91 Å². The molecule has 146 valence electrons. The van der Waals surface area contributed by atoms with Crippen LogP contribution >= 0.6 is 0 Å². The highest BCUT2D eigenvalue weighted by Gasteiger charge is 2.19. The van der Waals surface area contributed by atoms with Gasteiger partial charge in [0, 0.05) is 32.0 Å². The van der Waals surface area contributed by atoms with Gasteiger partial charge in [0.1, 0.15) is 5.69 Å². The number of ether oxygens (including phenoxy) is 1. The fourth-order valence-electron chi connectivity index (χ4n) is 3.20. The summed E-state index contributed by atoms with van der Waals surface area (Å²) in [6.07, 6.45) is 3.61. The Morgan fingerprint density at radius 1 is 1.11 bits per heavy atom. The first-order chi connectivity index (χ1) is 13.6. The molecule has 1 aromatic heterocycles. The second-order valence-electron chi connectivity index (χ2n) is 6.95. The first-order valence-electron chi connectivity index (χ1n) is 9.60. The Bertz CT molecular complexity index is 932. The summed E-state index contributed by atoms with van der Waals surface area (Å²) in [5.41, 5.74) is 5.48. The van der Waals surface area contributed by atoms with Crippen LogP contribution in [0.3, 0.4) is 0 Å². The third kappa shape index (κ3) is 4.67. The third-order valence-electron chi connectivity index (χ3n) is 4.68. The van der Waals surface area contributed by atoms with E-state index >= 15 is 0 Å². The lowest BCUT2D eigenvalue weighted by molar-refractivity contribution is 0.0952. The van der Waals surface area contributed by atoms with Crippen LogP contribution in [-0.4, -0.2) is 35.9 Å². The van der Waals surface area contributed by atoms with Gasteiger partial charge in [-0.1, -0.05) is 42.0 Å². The molecule has 1 heterocycles. The fraction of sp³-hybridized carbons (Fsp3) is 0.304. The number of methoxy groups -OCH3 is 1. The molecule has 1 amide bonds. The number of nitrogens with one attached hydrogen (secondary N) is 1. The van der Waals surface area contributed by atoms with Crippen LogP contribution in [0.25, 0.3) is 16.9 Å². The molecule has 0 saturated heterocycles. The van der Waals surface area contributed by atoms with E-state index in [2.05, 4.69) is 31.3 Å². The summed E-state index contributed by atoms with van der Waals surface area (Å²) in [4.78, 5) is 12.9. The van der Waals surface area contributed by atoms with Crippen molar-refractivity contribution in [1.29, 1.82) is 0 Å². The zero-order valence-electron chi connectivity index (χ0n) is 16.7. The molecule has 2 aromatic carbocycles. The van der Waals surface area contributed by atoms with E-state index in [0.717, 1.165) is 29.7 Å². The van der Waals surface area contributed by atoms with Crippen LogP contribution < -0.4 is 5.32 Å². The van der Waals surface area contributed by atoms with Crippen LogP contribution in [0.15, 0.2) is 54.7 Å². The largest absolute Gasteiger partial charge is 0.385 e. The van der Waals surface area contributed by atoms with E-state index in [0.29, 0.717) is 24.4 Å². The van der Waals surface area contributed by atoms with Gasteiger partial charge in [-0.15, -0.1) is 0 Å². The highest BCUT2D eigenvalue weighted by molar-refractivity contribution is 6.00. The van der Waals surface area contributed by atoms with Gasteiger partial charge < -0.3 is 10.1 Å². The second-order valence-corrected chi connectivity index (χ2v) is 6.95. The van der Waals surface area contributed by atoms with Crippen molar-refractivity contribution < 1.29 is 9.53 Å². The quantitative estimate of drug-likeness (QED) is 0.595. The van der Waals surface area contributed by atoms with Gasteiger partial charge in [0.25, 0.3) is 5.91 Å². The van der Waals surface area contributed by atoms with Crippen molar-refractivity contribution in [3.05, 3.63) is 71.4 Å². The Balaban J connectivity index is 1.92. The molecular formula is C23H27N3O2. The number of nitrogens with zero attached hydrogens (tertiary/aromatic N) is 2. The summed E-state index contributed by atoms with van der Waals surface area (Å²) in [5.74, 6) is -0.102. The monoisotopic (exact) mass is 377 g/mol. The van der Waals surface area contributed by atoms with E-state index in [1.165, 1.54) is 5.56 Å². The SMILES string of the molecule is COCCCCNC(=O)c1cn(-c2ccccc2)nc1-c1ccc(C)cc1C. The van der Waals surface area contributed by atoms with E-state index in [1.54, 1.807) is 11.8 Å². The van der Waals surface area contributed by atoms with Crippen LogP contribution in [0.1, 0.15) is 34.3 Å². The number of benzene rings is 2. The molecule has 0 radical (unpaired) electrons. The molecule has 0 bridgehead atoms. The molecule has 5 nitrogen and oxygen atoms in total. The van der Waals surface area contributed by atoms with Crippen LogP contribution in [-0.2, 0) is 4.74 Å². The Hall–Kier alpha value is -2.92. The minimum absolute atomic E-state index is 0.102. The number of aryl methyl sites for hydroxylation is 2. The van der Waals surface area contributed by atoms with Crippen molar-refractivity contribution in [1.82, 2.24) is 15.1 Å². The van der Waals surface area contributed by atoms with E-state index in [4.69, 9.17) is 9.84 Å². The van der Waals surface area contributed by atoms with E-state index in [1.807, 2.05) is 42.6 Å². The number of unbranched alkanes of at least 4 members (excludes halogenated alkanes) is 1. The topological polar surface area (TPSA) is 56.1 Å². The molecule has 3 aromatic rings. The average Bonchev–Trinajstić information content (AvgIpc) is 3.13. The van der Waals surface area contributed by atoms with E-state index in [9.17, 15) is 4.79 Å². The number of carbonyl (C=O) groups excluding carboxylic acids is 1. The highest BCUT2D eigenvalue weighted by Crippen LogP contribution is 2.27. The molecule has 5 heteroatoms. The lowest BCUT2D eigenvalue weighted by atomic mass is 10.0. The van der Waals surface area contributed by atoms with Gasteiger partial charge in [-0.3, -0.25) is 4.79 Å². The number of aromatic nitrogens is 2. The van der Waals surface area contributed by atoms with Crippen molar-refractivity contribution >= 4 is 5.91 Å². The fourth-order valence-corrected chi connectivity index (χ4v) is 3.20. The molecule has 0 saturated carbocycles. The molecular weight excluding hydrogens is 350 g/mol. The number of rotatable bonds is 8. The highest BCUT2D eigenvalue weighted by atomic mass is 16.5. The number of amides is 1. The summed E-state index contributed by atoms with van der Waals surface area (Å²) >= 11 is 0. The maximum Gasteiger partial charge on any atom is 0.255 e.